The van der Waals surface area contributed by atoms with Crippen LogP contribution in [0.4, 0.5) is 0 Å². The van der Waals surface area contributed by atoms with Crippen LogP contribution in [0.1, 0.15) is 45.7 Å². The van der Waals surface area contributed by atoms with Crippen LogP contribution in [-0.2, 0) is 5.60 Å². The molecule has 3 nitrogen and oxygen atoms in total. The van der Waals surface area contributed by atoms with Gasteiger partial charge in [-0.1, -0.05) is 51.5 Å². The molecule has 4 rings (SSSR count). The molecule has 3 heteroatoms. The van der Waals surface area contributed by atoms with Gasteiger partial charge >= 0.3 is 0 Å². The molecule has 1 N–H and O–H groups in total. The van der Waals surface area contributed by atoms with Gasteiger partial charge in [-0.3, -0.25) is 4.98 Å². The second kappa shape index (κ2) is 6.06. The number of hydrogen-bond acceptors (Lipinski definition) is 3. The van der Waals surface area contributed by atoms with Gasteiger partial charge in [0.2, 0.25) is 0 Å². The van der Waals surface area contributed by atoms with Crippen molar-refractivity contribution in [2.45, 2.75) is 45.6 Å². The Kier molecular flexibility index (Phi) is 3.99. The Hall–Kier alpha value is -2.00. The van der Waals surface area contributed by atoms with Gasteiger partial charge in [-0.15, -0.1) is 0 Å². The standard InChI is InChI=1S/C22H26N2O/c1-14(2)18-10-6-15(3)13-22(18,25)19-11-9-17-8-7-16-5-4-12-23-20(16)21(17)24-19/h4-5,7-9,11-12,14-15,18,25H,6,10,13H2,1-3H3/t15-,18+,22?/m1/s1. The molecule has 0 aliphatic heterocycles. The predicted molar refractivity (Wildman–Crippen MR) is 102 cm³/mol. The van der Waals surface area contributed by atoms with Gasteiger partial charge in [0.1, 0.15) is 5.60 Å². The fourth-order valence-corrected chi connectivity index (χ4v) is 4.63. The lowest BCUT2D eigenvalue weighted by Crippen LogP contribution is -2.43. The lowest BCUT2D eigenvalue weighted by atomic mass is 9.65. The molecule has 0 radical (unpaired) electrons. The fourth-order valence-electron chi connectivity index (χ4n) is 4.63. The van der Waals surface area contributed by atoms with Crippen LogP contribution in [0.2, 0.25) is 0 Å². The number of aromatic nitrogens is 2. The summed E-state index contributed by atoms with van der Waals surface area (Å²) in [4.78, 5) is 9.50. The minimum atomic E-state index is -0.850. The molecule has 0 amide bonds. The summed E-state index contributed by atoms with van der Waals surface area (Å²) < 4.78 is 0. The Morgan fingerprint density at radius 3 is 2.52 bits per heavy atom. The number of aliphatic hydroxyl groups is 1. The fraction of sp³-hybridized carbons (Fsp3) is 0.455. The molecule has 3 atom stereocenters. The smallest absolute Gasteiger partial charge is 0.110 e. The van der Waals surface area contributed by atoms with Gasteiger partial charge in [0.25, 0.3) is 0 Å². The highest BCUT2D eigenvalue weighted by molar-refractivity contribution is 6.02. The van der Waals surface area contributed by atoms with Crippen LogP contribution in [0.3, 0.4) is 0 Å². The third-order valence-electron chi connectivity index (χ3n) is 5.92. The molecule has 1 fully saturated rings. The van der Waals surface area contributed by atoms with E-state index in [-0.39, 0.29) is 5.92 Å². The average molecular weight is 334 g/mol. The summed E-state index contributed by atoms with van der Waals surface area (Å²) in [6.45, 7) is 6.66. The molecule has 2 aromatic heterocycles. The van der Waals surface area contributed by atoms with Crippen molar-refractivity contribution in [3.8, 4) is 0 Å². The highest BCUT2D eigenvalue weighted by atomic mass is 16.3. The zero-order valence-corrected chi connectivity index (χ0v) is 15.2. The van der Waals surface area contributed by atoms with Crippen LogP contribution in [0, 0.1) is 17.8 Å². The summed E-state index contributed by atoms with van der Waals surface area (Å²) in [6.07, 6.45) is 4.84. The van der Waals surface area contributed by atoms with Gasteiger partial charge in [0.05, 0.1) is 16.7 Å². The van der Waals surface area contributed by atoms with Crippen molar-refractivity contribution in [3.05, 3.63) is 48.3 Å². The van der Waals surface area contributed by atoms with E-state index >= 15 is 0 Å². The Labute approximate surface area is 149 Å². The van der Waals surface area contributed by atoms with Gasteiger partial charge in [-0.2, -0.15) is 0 Å². The van der Waals surface area contributed by atoms with Gasteiger partial charge < -0.3 is 5.11 Å². The van der Waals surface area contributed by atoms with Crippen LogP contribution in [0.15, 0.2) is 42.6 Å². The summed E-state index contributed by atoms with van der Waals surface area (Å²) >= 11 is 0. The molecule has 0 bridgehead atoms. The minimum absolute atomic E-state index is 0.247. The van der Waals surface area contributed by atoms with Crippen LogP contribution in [0.5, 0.6) is 0 Å². The first-order chi connectivity index (χ1) is 12.0. The molecular formula is C22H26N2O. The largest absolute Gasteiger partial charge is 0.383 e. The third-order valence-corrected chi connectivity index (χ3v) is 5.92. The van der Waals surface area contributed by atoms with E-state index in [1.54, 1.807) is 0 Å². The van der Waals surface area contributed by atoms with E-state index in [1.165, 1.54) is 6.42 Å². The number of rotatable bonds is 2. The lowest BCUT2D eigenvalue weighted by molar-refractivity contribution is -0.0894. The number of nitrogens with zero attached hydrogens (tertiary/aromatic N) is 2. The normalized spacial score (nSPS) is 27.2. The summed E-state index contributed by atoms with van der Waals surface area (Å²) in [6, 6.07) is 12.3. The molecule has 130 valence electrons. The lowest BCUT2D eigenvalue weighted by Gasteiger charge is -2.44. The molecule has 1 aromatic carbocycles. The van der Waals surface area contributed by atoms with Gasteiger partial charge in [-0.25, -0.2) is 4.98 Å². The average Bonchev–Trinajstić information content (AvgIpc) is 2.60. The van der Waals surface area contributed by atoms with Gasteiger partial charge in [0.15, 0.2) is 0 Å². The van der Waals surface area contributed by atoms with Crippen LogP contribution < -0.4 is 0 Å². The highest BCUT2D eigenvalue weighted by Gasteiger charge is 2.45. The van der Waals surface area contributed by atoms with E-state index in [1.807, 2.05) is 18.3 Å². The Morgan fingerprint density at radius 1 is 1.04 bits per heavy atom. The van der Waals surface area contributed by atoms with Crippen molar-refractivity contribution in [2.24, 2.45) is 17.8 Å². The van der Waals surface area contributed by atoms with Crippen molar-refractivity contribution < 1.29 is 5.11 Å². The summed E-state index contributed by atoms with van der Waals surface area (Å²) in [7, 11) is 0. The number of pyridine rings is 2. The Balaban J connectivity index is 1.91. The van der Waals surface area contributed by atoms with Crippen LogP contribution in [-0.4, -0.2) is 15.1 Å². The molecule has 1 aliphatic carbocycles. The monoisotopic (exact) mass is 334 g/mol. The zero-order chi connectivity index (χ0) is 17.6. The molecule has 0 saturated heterocycles. The summed E-state index contributed by atoms with van der Waals surface area (Å²) in [5, 5.41) is 13.9. The van der Waals surface area contributed by atoms with E-state index in [0.717, 1.165) is 40.3 Å². The van der Waals surface area contributed by atoms with E-state index < -0.39 is 5.60 Å². The van der Waals surface area contributed by atoms with Crippen molar-refractivity contribution in [1.82, 2.24) is 9.97 Å². The molecule has 1 saturated carbocycles. The maximum absolute atomic E-state index is 11.7. The van der Waals surface area contributed by atoms with Crippen LogP contribution >= 0.6 is 0 Å². The maximum atomic E-state index is 11.7. The van der Waals surface area contributed by atoms with E-state index in [9.17, 15) is 5.11 Å². The first-order valence-electron chi connectivity index (χ1n) is 9.36. The second-order valence-electron chi connectivity index (χ2n) is 8.07. The van der Waals surface area contributed by atoms with Gasteiger partial charge in [-0.05, 0) is 42.7 Å². The summed E-state index contributed by atoms with van der Waals surface area (Å²) in [5.41, 5.74) is 1.76. The second-order valence-corrected chi connectivity index (χ2v) is 8.07. The molecule has 1 aliphatic rings. The topological polar surface area (TPSA) is 46.0 Å². The molecule has 1 unspecified atom stereocenters. The summed E-state index contributed by atoms with van der Waals surface area (Å²) in [5.74, 6) is 1.19. The van der Waals surface area contributed by atoms with E-state index in [0.29, 0.717) is 11.8 Å². The van der Waals surface area contributed by atoms with Crippen molar-refractivity contribution >= 4 is 21.8 Å². The van der Waals surface area contributed by atoms with E-state index in [2.05, 4.69) is 50.0 Å². The number of fused-ring (bicyclic) bond motifs is 3. The molecule has 3 aromatic rings. The Morgan fingerprint density at radius 2 is 1.76 bits per heavy atom. The molecular weight excluding hydrogens is 308 g/mol. The third kappa shape index (κ3) is 2.71. The highest BCUT2D eigenvalue weighted by Crippen LogP contribution is 2.47. The number of hydrogen-bond donors (Lipinski definition) is 1. The zero-order valence-electron chi connectivity index (χ0n) is 15.2. The van der Waals surface area contributed by atoms with Crippen molar-refractivity contribution in [1.29, 1.82) is 0 Å². The van der Waals surface area contributed by atoms with Crippen molar-refractivity contribution in [2.75, 3.05) is 0 Å². The minimum Gasteiger partial charge on any atom is -0.383 e. The Bertz CT molecular complexity index is 920. The van der Waals surface area contributed by atoms with E-state index in [4.69, 9.17) is 4.98 Å². The quantitative estimate of drug-likeness (QED) is 0.666. The van der Waals surface area contributed by atoms with Gasteiger partial charge in [0, 0.05) is 17.0 Å². The predicted octanol–water partition coefficient (Wildman–Crippen LogP) is 5.06. The first-order valence-corrected chi connectivity index (χ1v) is 9.36. The SMILES string of the molecule is CC(C)[C@@H]1CC[C@@H](C)CC1(O)c1ccc2ccc3cccnc3c2n1. The molecule has 25 heavy (non-hydrogen) atoms. The number of benzene rings is 1. The molecule has 2 heterocycles. The first kappa shape index (κ1) is 16.5. The van der Waals surface area contributed by atoms with Crippen LogP contribution in [0.25, 0.3) is 21.8 Å². The van der Waals surface area contributed by atoms with Crippen molar-refractivity contribution in [3.63, 3.8) is 0 Å². The molecule has 0 spiro atoms. The maximum Gasteiger partial charge on any atom is 0.110 e.